The van der Waals surface area contributed by atoms with Crippen molar-refractivity contribution in [1.29, 1.82) is 0 Å². The number of rotatable bonds is 1. The molecule has 0 aromatic rings. The van der Waals surface area contributed by atoms with Gasteiger partial charge >= 0.3 is 0 Å². The van der Waals surface area contributed by atoms with E-state index in [1.807, 2.05) is 0 Å². The smallest absolute Gasteiger partial charge is 0.0587 e. The zero-order chi connectivity index (χ0) is 9.35. The van der Waals surface area contributed by atoms with Gasteiger partial charge in [-0.25, -0.2) is 0 Å². The van der Waals surface area contributed by atoms with E-state index in [0.717, 1.165) is 6.42 Å². The SMILES string of the molecule is C[C@H]1CC[C@@H](CO)N1C(C)(C)C. The summed E-state index contributed by atoms with van der Waals surface area (Å²) in [5.74, 6) is 0. The molecule has 1 N–H and O–H groups in total. The maximum atomic E-state index is 9.18. The number of nitrogens with zero attached hydrogens (tertiary/aromatic N) is 1. The molecule has 0 amide bonds. The molecule has 2 nitrogen and oxygen atoms in total. The molecule has 1 heterocycles. The minimum atomic E-state index is 0.198. The molecule has 1 saturated heterocycles. The maximum absolute atomic E-state index is 9.18. The second-order valence-corrected chi connectivity index (χ2v) is 4.84. The third-order valence-corrected chi connectivity index (χ3v) is 2.77. The Morgan fingerprint density at radius 2 is 1.92 bits per heavy atom. The van der Waals surface area contributed by atoms with Gasteiger partial charge < -0.3 is 5.11 Å². The molecule has 72 valence electrons. The van der Waals surface area contributed by atoms with E-state index in [0.29, 0.717) is 18.7 Å². The summed E-state index contributed by atoms with van der Waals surface area (Å²) in [5, 5.41) is 9.18. The van der Waals surface area contributed by atoms with Crippen LogP contribution in [0.1, 0.15) is 40.5 Å². The Labute approximate surface area is 75.6 Å². The minimum Gasteiger partial charge on any atom is -0.395 e. The van der Waals surface area contributed by atoms with Gasteiger partial charge in [-0.2, -0.15) is 0 Å². The average Bonchev–Trinajstić information content (AvgIpc) is 2.29. The van der Waals surface area contributed by atoms with Gasteiger partial charge in [-0.15, -0.1) is 0 Å². The fraction of sp³-hybridized carbons (Fsp3) is 1.00. The lowest BCUT2D eigenvalue weighted by Crippen LogP contribution is -2.49. The number of likely N-dealkylation sites (tertiary alicyclic amines) is 1. The number of hydrogen-bond donors (Lipinski definition) is 1. The lowest BCUT2D eigenvalue weighted by molar-refractivity contribution is 0.0521. The first-order valence-electron chi connectivity index (χ1n) is 4.86. The van der Waals surface area contributed by atoms with Crippen LogP contribution in [0.3, 0.4) is 0 Å². The Morgan fingerprint density at radius 1 is 1.33 bits per heavy atom. The molecule has 1 rings (SSSR count). The van der Waals surface area contributed by atoms with Crippen LogP contribution in [0.15, 0.2) is 0 Å². The summed E-state index contributed by atoms with van der Waals surface area (Å²) in [4.78, 5) is 2.44. The number of aliphatic hydroxyl groups is 1. The molecule has 1 aliphatic rings. The van der Waals surface area contributed by atoms with Crippen molar-refractivity contribution in [2.75, 3.05) is 6.61 Å². The van der Waals surface area contributed by atoms with Crippen molar-refractivity contribution in [1.82, 2.24) is 4.90 Å². The van der Waals surface area contributed by atoms with Crippen molar-refractivity contribution >= 4 is 0 Å². The third-order valence-electron chi connectivity index (χ3n) is 2.77. The molecule has 0 saturated carbocycles. The summed E-state index contributed by atoms with van der Waals surface area (Å²) in [7, 11) is 0. The van der Waals surface area contributed by atoms with E-state index in [9.17, 15) is 5.11 Å². The second-order valence-electron chi connectivity index (χ2n) is 4.84. The number of aliphatic hydroxyl groups excluding tert-OH is 1. The standard InChI is InChI=1S/C10H21NO/c1-8-5-6-9(7-12)11(8)10(2,3)4/h8-9,12H,5-7H2,1-4H3/t8-,9-/m0/s1. The summed E-state index contributed by atoms with van der Waals surface area (Å²) < 4.78 is 0. The molecule has 0 spiro atoms. The quantitative estimate of drug-likeness (QED) is 0.648. The Kier molecular flexibility index (Phi) is 2.79. The van der Waals surface area contributed by atoms with Crippen LogP contribution in [0.5, 0.6) is 0 Å². The first-order valence-corrected chi connectivity index (χ1v) is 4.86. The fourth-order valence-electron chi connectivity index (χ4n) is 2.46. The van der Waals surface area contributed by atoms with Gasteiger partial charge in [0.05, 0.1) is 6.61 Å². The van der Waals surface area contributed by atoms with Gasteiger partial charge in [-0.05, 0) is 40.5 Å². The lowest BCUT2D eigenvalue weighted by Gasteiger charge is -2.39. The van der Waals surface area contributed by atoms with Gasteiger partial charge in [0.1, 0.15) is 0 Å². The molecule has 1 aliphatic heterocycles. The molecule has 2 atom stereocenters. The molecule has 0 aliphatic carbocycles. The first kappa shape index (κ1) is 10.0. The third kappa shape index (κ3) is 1.80. The van der Waals surface area contributed by atoms with Crippen LogP contribution in [0.2, 0.25) is 0 Å². The van der Waals surface area contributed by atoms with Gasteiger partial charge in [0, 0.05) is 17.6 Å². The van der Waals surface area contributed by atoms with Crippen molar-refractivity contribution in [3.63, 3.8) is 0 Å². The summed E-state index contributed by atoms with van der Waals surface area (Å²) in [5.41, 5.74) is 0.198. The monoisotopic (exact) mass is 171 g/mol. The van der Waals surface area contributed by atoms with Crippen molar-refractivity contribution in [3.05, 3.63) is 0 Å². The van der Waals surface area contributed by atoms with Crippen LogP contribution in [0.25, 0.3) is 0 Å². The van der Waals surface area contributed by atoms with Crippen LogP contribution in [-0.2, 0) is 0 Å². The van der Waals surface area contributed by atoms with E-state index < -0.39 is 0 Å². The molecule has 0 aromatic carbocycles. The Bertz CT molecular complexity index is 150. The van der Waals surface area contributed by atoms with Crippen LogP contribution in [0, 0.1) is 0 Å². The molecule has 1 fully saturated rings. The minimum absolute atomic E-state index is 0.198. The van der Waals surface area contributed by atoms with Gasteiger partial charge in [0.25, 0.3) is 0 Å². The van der Waals surface area contributed by atoms with Crippen molar-refractivity contribution < 1.29 is 5.11 Å². The highest BCUT2D eigenvalue weighted by molar-refractivity contribution is 4.92. The van der Waals surface area contributed by atoms with Gasteiger partial charge in [0.2, 0.25) is 0 Å². The molecule has 0 unspecified atom stereocenters. The highest BCUT2D eigenvalue weighted by atomic mass is 16.3. The van der Waals surface area contributed by atoms with Gasteiger partial charge in [-0.3, -0.25) is 4.90 Å². The van der Waals surface area contributed by atoms with Crippen molar-refractivity contribution in [3.8, 4) is 0 Å². The second kappa shape index (κ2) is 3.35. The van der Waals surface area contributed by atoms with E-state index in [1.54, 1.807) is 0 Å². The number of hydrogen-bond acceptors (Lipinski definition) is 2. The zero-order valence-corrected chi connectivity index (χ0v) is 8.67. The van der Waals surface area contributed by atoms with Gasteiger partial charge in [0.15, 0.2) is 0 Å². The van der Waals surface area contributed by atoms with E-state index in [2.05, 4.69) is 32.6 Å². The lowest BCUT2D eigenvalue weighted by atomic mass is 10.0. The predicted octanol–water partition coefficient (Wildman–Crippen LogP) is 1.63. The van der Waals surface area contributed by atoms with E-state index in [-0.39, 0.29) is 5.54 Å². The maximum Gasteiger partial charge on any atom is 0.0587 e. The van der Waals surface area contributed by atoms with E-state index >= 15 is 0 Å². The van der Waals surface area contributed by atoms with E-state index in [1.165, 1.54) is 6.42 Å². The summed E-state index contributed by atoms with van der Waals surface area (Å²) in [6.45, 7) is 9.22. The predicted molar refractivity (Wildman–Crippen MR) is 51.2 cm³/mol. The first-order chi connectivity index (χ1) is 5.46. The van der Waals surface area contributed by atoms with Gasteiger partial charge in [-0.1, -0.05) is 0 Å². The highest BCUT2D eigenvalue weighted by Gasteiger charge is 2.36. The fourth-order valence-corrected chi connectivity index (χ4v) is 2.46. The van der Waals surface area contributed by atoms with Crippen molar-refractivity contribution in [2.45, 2.75) is 58.2 Å². The van der Waals surface area contributed by atoms with E-state index in [4.69, 9.17) is 0 Å². The summed E-state index contributed by atoms with van der Waals surface area (Å²) in [6.07, 6.45) is 2.37. The van der Waals surface area contributed by atoms with Crippen LogP contribution in [-0.4, -0.2) is 34.2 Å². The molecule has 12 heavy (non-hydrogen) atoms. The topological polar surface area (TPSA) is 23.5 Å². The summed E-state index contributed by atoms with van der Waals surface area (Å²) >= 11 is 0. The van der Waals surface area contributed by atoms with Crippen LogP contribution in [0.4, 0.5) is 0 Å². The molecular formula is C10H21NO. The normalized spacial score (nSPS) is 32.8. The Morgan fingerprint density at radius 3 is 2.25 bits per heavy atom. The molecule has 0 radical (unpaired) electrons. The highest BCUT2D eigenvalue weighted by Crippen LogP contribution is 2.30. The molecule has 0 bridgehead atoms. The largest absolute Gasteiger partial charge is 0.395 e. The Hall–Kier alpha value is -0.0800. The molecule has 2 heteroatoms. The Balaban J connectivity index is 2.70. The summed E-state index contributed by atoms with van der Waals surface area (Å²) in [6, 6.07) is 1.02. The van der Waals surface area contributed by atoms with Crippen molar-refractivity contribution in [2.24, 2.45) is 0 Å². The average molecular weight is 171 g/mol. The zero-order valence-electron chi connectivity index (χ0n) is 8.67. The molecular weight excluding hydrogens is 150 g/mol. The molecule has 0 aromatic heterocycles. The van der Waals surface area contributed by atoms with Crippen LogP contribution >= 0.6 is 0 Å². The van der Waals surface area contributed by atoms with Crippen LogP contribution < -0.4 is 0 Å².